The van der Waals surface area contributed by atoms with Crippen molar-refractivity contribution < 1.29 is 0 Å². The zero-order valence-electron chi connectivity index (χ0n) is 37.5. The molecule has 0 radical (unpaired) electrons. The smallest absolute Gasteiger partial charge is 0.138 e. The van der Waals surface area contributed by atoms with Crippen LogP contribution in [0.25, 0.3) is 59.9 Å². The summed E-state index contributed by atoms with van der Waals surface area (Å²) in [5.41, 5.74) is 12.5. The SMILES string of the molecule is CC=CC1=C(c2c3cc(N(c4ccccc4)c4ccc5ccccc5c4)ccc3c(-c3ccccc3)c3nc(N(c4ccccc4)c4ccc5ccccc5c4)ccc23)C=CCC1CCC. The molecule has 0 N–H and O–H groups in total. The number of aromatic nitrogens is 1. The van der Waals surface area contributed by atoms with Gasteiger partial charge in [-0.1, -0.05) is 171 Å². The van der Waals surface area contributed by atoms with Crippen LogP contribution in [0.3, 0.4) is 0 Å². The molecule has 3 heteroatoms. The summed E-state index contributed by atoms with van der Waals surface area (Å²) in [6.45, 7) is 4.46. The number of nitrogens with zero attached hydrogens (tertiary/aromatic N) is 3. The summed E-state index contributed by atoms with van der Waals surface area (Å²) in [7, 11) is 0. The van der Waals surface area contributed by atoms with Crippen LogP contribution in [0.4, 0.5) is 34.3 Å². The van der Waals surface area contributed by atoms with Crippen molar-refractivity contribution >= 4 is 83.0 Å². The Morgan fingerprint density at radius 3 is 1.68 bits per heavy atom. The highest BCUT2D eigenvalue weighted by atomic mass is 15.2. The van der Waals surface area contributed by atoms with E-state index in [0.717, 1.165) is 75.5 Å². The average Bonchev–Trinajstić information content (AvgIpc) is 3.37. The van der Waals surface area contributed by atoms with Crippen LogP contribution in [-0.4, -0.2) is 4.98 Å². The van der Waals surface area contributed by atoms with E-state index in [4.69, 9.17) is 4.98 Å². The maximum Gasteiger partial charge on any atom is 0.138 e. The fraction of sp³-hybridized carbons (Fsp3) is 0.0952. The fourth-order valence-corrected chi connectivity index (χ4v) is 10.2. The van der Waals surface area contributed by atoms with Gasteiger partial charge in [0, 0.05) is 39.4 Å². The molecule has 10 aromatic rings. The second-order valence-electron chi connectivity index (χ2n) is 17.3. The van der Waals surface area contributed by atoms with Crippen molar-refractivity contribution in [3.63, 3.8) is 0 Å². The highest BCUT2D eigenvalue weighted by Gasteiger charge is 2.26. The molecule has 1 aromatic heterocycles. The van der Waals surface area contributed by atoms with Gasteiger partial charge in [-0.2, -0.15) is 0 Å². The van der Waals surface area contributed by atoms with Gasteiger partial charge in [-0.15, -0.1) is 0 Å². The van der Waals surface area contributed by atoms with E-state index >= 15 is 0 Å². The zero-order chi connectivity index (χ0) is 44.4. The van der Waals surface area contributed by atoms with E-state index in [9.17, 15) is 0 Å². The lowest BCUT2D eigenvalue weighted by Crippen LogP contribution is -2.12. The molecule has 0 amide bonds. The van der Waals surface area contributed by atoms with E-state index in [1.807, 2.05) is 0 Å². The number of anilines is 6. The van der Waals surface area contributed by atoms with Crippen molar-refractivity contribution in [1.29, 1.82) is 0 Å². The summed E-state index contributed by atoms with van der Waals surface area (Å²) < 4.78 is 0. The number of hydrogen-bond donors (Lipinski definition) is 0. The van der Waals surface area contributed by atoms with Gasteiger partial charge in [-0.3, -0.25) is 4.90 Å². The van der Waals surface area contributed by atoms with Gasteiger partial charge < -0.3 is 4.90 Å². The lowest BCUT2D eigenvalue weighted by atomic mass is 9.78. The van der Waals surface area contributed by atoms with E-state index in [-0.39, 0.29) is 0 Å². The first-order chi connectivity index (χ1) is 32.7. The molecule has 0 fully saturated rings. The van der Waals surface area contributed by atoms with Gasteiger partial charge in [-0.25, -0.2) is 4.98 Å². The van der Waals surface area contributed by atoms with Crippen LogP contribution in [0.1, 0.15) is 38.7 Å². The summed E-state index contributed by atoms with van der Waals surface area (Å²) >= 11 is 0. The highest BCUT2D eigenvalue weighted by molar-refractivity contribution is 6.20. The Labute approximate surface area is 387 Å². The molecule has 318 valence electrons. The quantitative estimate of drug-likeness (QED) is 0.121. The Hall–Kier alpha value is -8.01. The van der Waals surface area contributed by atoms with Crippen LogP contribution in [-0.2, 0) is 0 Å². The van der Waals surface area contributed by atoms with Crippen molar-refractivity contribution in [3.8, 4) is 11.1 Å². The number of para-hydroxylation sites is 2. The predicted molar refractivity (Wildman–Crippen MR) is 283 cm³/mol. The summed E-state index contributed by atoms with van der Waals surface area (Å²) in [5, 5.41) is 8.32. The van der Waals surface area contributed by atoms with Crippen molar-refractivity contribution in [2.45, 2.75) is 33.1 Å². The molecule has 1 aliphatic rings. The number of fused-ring (bicyclic) bond motifs is 4. The summed E-state index contributed by atoms with van der Waals surface area (Å²) in [4.78, 5) is 10.6. The van der Waals surface area contributed by atoms with Gasteiger partial charge in [0.05, 0.1) is 5.52 Å². The Kier molecular flexibility index (Phi) is 11.0. The largest absolute Gasteiger partial charge is 0.310 e. The highest BCUT2D eigenvalue weighted by Crippen LogP contribution is 2.48. The second-order valence-corrected chi connectivity index (χ2v) is 17.3. The standard InChI is InChI=1S/C63H51N3/c1-3-19-46-27-18-32-56(55(46)20-4-2)62-58-39-40-60(66(51-30-12-7-13-31-51)53-36-34-45-22-15-17-26-49(45)42-53)64-63(58)61(47-23-8-5-9-24-47)57-38-37-54(43-59(57)62)65(50-28-10-6-11-29-50)52-35-33-44-21-14-16-25-48(44)41-52/h4-18,20-26,28-43,46H,3,19,27H2,1-2H3. The molecule has 1 heterocycles. The number of rotatable bonds is 11. The van der Waals surface area contributed by atoms with Gasteiger partial charge in [0.1, 0.15) is 5.82 Å². The molecule has 0 spiro atoms. The molecule has 3 nitrogen and oxygen atoms in total. The van der Waals surface area contributed by atoms with E-state index in [1.54, 1.807) is 0 Å². The molecule has 11 rings (SSSR count). The van der Waals surface area contributed by atoms with Crippen LogP contribution >= 0.6 is 0 Å². The van der Waals surface area contributed by atoms with Crippen LogP contribution in [0.5, 0.6) is 0 Å². The minimum Gasteiger partial charge on any atom is -0.310 e. The fourth-order valence-electron chi connectivity index (χ4n) is 10.2. The van der Waals surface area contributed by atoms with E-state index in [2.05, 4.69) is 254 Å². The third-order valence-corrected chi connectivity index (χ3v) is 13.2. The van der Waals surface area contributed by atoms with Crippen LogP contribution in [0, 0.1) is 5.92 Å². The third kappa shape index (κ3) is 7.53. The van der Waals surface area contributed by atoms with Crippen LogP contribution < -0.4 is 9.80 Å². The van der Waals surface area contributed by atoms with Gasteiger partial charge in [0.25, 0.3) is 0 Å². The third-order valence-electron chi connectivity index (χ3n) is 13.2. The molecule has 1 aliphatic carbocycles. The number of benzene rings is 9. The molecular formula is C63H51N3. The maximum atomic E-state index is 5.85. The van der Waals surface area contributed by atoms with Crippen molar-refractivity contribution in [1.82, 2.24) is 4.98 Å². The Morgan fingerprint density at radius 1 is 0.500 bits per heavy atom. The number of pyridine rings is 1. The van der Waals surface area contributed by atoms with Crippen molar-refractivity contribution in [2.24, 2.45) is 5.92 Å². The first-order valence-electron chi connectivity index (χ1n) is 23.3. The van der Waals surface area contributed by atoms with E-state index in [1.165, 1.54) is 49.0 Å². The van der Waals surface area contributed by atoms with Crippen LogP contribution in [0.15, 0.2) is 236 Å². The van der Waals surface area contributed by atoms with Gasteiger partial charge in [0.15, 0.2) is 0 Å². The average molecular weight is 850 g/mol. The lowest BCUT2D eigenvalue weighted by molar-refractivity contribution is 0.566. The minimum atomic E-state index is 0.417. The number of allylic oxidation sites excluding steroid dienone is 6. The Balaban J connectivity index is 1.24. The maximum absolute atomic E-state index is 5.85. The topological polar surface area (TPSA) is 19.4 Å². The van der Waals surface area contributed by atoms with Gasteiger partial charge in [0.2, 0.25) is 0 Å². The molecule has 0 saturated heterocycles. The normalized spacial score (nSPS) is 13.9. The molecule has 0 bridgehead atoms. The van der Waals surface area contributed by atoms with Crippen molar-refractivity contribution in [2.75, 3.05) is 9.80 Å². The predicted octanol–water partition coefficient (Wildman–Crippen LogP) is 18.0. The minimum absolute atomic E-state index is 0.417. The molecule has 0 saturated carbocycles. The van der Waals surface area contributed by atoms with Gasteiger partial charge >= 0.3 is 0 Å². The molecule has 9 aromatic carbocycles. The summed E-state index contributed by atoms with van der Waals surface area (Å²) in [6, 6.07) is 74.7. The van der Waals surface area contributed by atoms with Gasteiger partial charge in [-0.05, 0) is 153 Å². The Bertz CT molecular complexity index is 3480. The van der Waals surface area contributed by atoms with Crippen molar-refractivity contribution in [3.05, 3.63) is 242 Å². The zero-order valence-corrected chi connectivity index (χ0v) is 37.5. The summed E-state index contributed by atoms with van der Waals surface area (Å²) in [6.07, 6.45) is 12.7. The summed E-state index contributed by atoms with van der Waals surface area (Å²) in [5.74, 6) is 1.28. The molecule has 66 heavy (non-hydrogen) atoms. The first-order valence-corrected chi connectivity index (χ1v) is 23.3. The lowest BCUT2D eigenvalue weighted by Gasteiger charge is -2.29. The molecule has 0 aliphatic heterocycles. The monoisotopic (exact) mass is 849 g/mol. The van der Waals surface area contributed by atoms with E-state index < -0.39 is 0 Å². The molecule has 1 unspecified atom stereocenters. The Morgan fingerprint density at radius 2 is 1.05 bits per heavy atom. The molecular weight excluding hydrogens is 799 g/mol. The molecule has 1 atom stereocenters. The second kappa shape index (κ2) is 17.9. The van der Waals surface area contributed by atoms with Crippen LogP contribution in [0.2, 0.25) is 0 Å². The van der Waals surface area contributed by atoms with E-state index in [0.29, 0.717) is 5.92 Å². The first kappa shape index (κ1) is 40.7. The number of hydrogen-bond acceptors (Lipinski definition) is 3.